The zero-order chi connectivity index (χ0) is 18.9. The lowest BCUT2D eigenvalue weighted by atomic mass is 10.1. The molecule has 0 amide bonds. The molecule has 0 radical (unpaired) electrons. The van der Waals surface area contributed by atoms with Gasteiger partial charge in [0.15, 0.2) is 5.78 Å². The van der Waals surface area contributed by atoms with Crippen molar-refractivity contribution >= 4 is 11.9 Å². The number of ether oxygens (including phenoxy) is 2. The molecule has 0 aromatic heterocycles. The van der Waals surface area contributed by atoms with E-state index in [9.17, 15) is 4.79 Å². The average molecular weight is 353 g/mol. The van der Waals surface area contributed by atoms with Gasteiger partial charge in [-0.25, -0.2) is 0 Å². The molecule has 0 heterocycles. The van der Waals surface area contributed by atoms with E-state index >= 15 is 0 Å². The number of hydrogen-bond donors (Lipinski definition) is 0. The summed E-state index contributed by atoms with van der Waals surface area (Å²) < 4.78 is 10.5. The second-order valence-corrected chi connectivity index (χ2v) is 5.97. The molecule has 0 aliphatic rings. The fourth-order valence-corrected chi connectivity index (χ4v) is 2.77. The Kier molecular flexibility index (Phi) is 7.42. The predicted molar refractivity (Wildman–Crippen MR) is 106 cm³/mol. The number of nitrogens with zero attached hydrogens (tertiary/aromatic N) is 1. The Hall–Kier alpha value is -2.59. The van der Waals surface area contributed by atoms with Crippen molar-refractivity contribution in [3.05, 3.63) is 65.2 Å². The summed E-state index contributed by atoms with van der Waals surface area (Å²) in [5.74, 6) is 1.05. The predicted octanol–water partition coefficient (Wildman–Crippen LogP) is 4.44. The number of carbonyl (C=O) groups is 1. The summed E-state index contributed by atoms with van der Waals surface area (Å²) >= 11 is 0. The Labute approximate surface area is 156 Å². The van der Waals surface area contributed by atoms with Crippen LogP contribution in [0.5, 0.6) is 11.5 Å². The van der Waals surface area contributed by atoms with Gasteiger partial charge in [-0.15, -0.1) is 0 Å². The van der Waals surface area contributed by atoms with E-state index in [1.54, 1.807) is 38.5 Å². The van der Waals surface area contributed by atoms with E-state index in [0.717, 1.165) is 25.2 Å². The molecule has 0 bridgehead atoms. The third kappa shape index (κ3) is 5.20. The quantitative estimate of drug-likeness (QED) is 0.493. The van der Waals surface area contributed by atoms with Gasteiger partial charge in [0.1, 0.15) is 11.5 Å². The molecule has 0 fully saturated rings. The van der Waals surface area contributed by atoms with Gasteiger partial charge in [-0.3, -0.25) is 9.69 Å². The van der Waals surface area contributed by atoms with Gasteiger partial charge in [0, 0.05) is 6.54 Å². The SMILES string of the molecule is CCN(CC)Cc1cccc(C=CC(=O)c2cc(OC)ccc2OC)c1. The first-order chi connectivity index (χ1) is 12.6. The van der Waals surface area contributed by atoms with Crippen LogP contribution in [-0.2, 0) is 6.54 Å². The number of carbonyl (C=O) groups excluding carboxylic acids is 1. The molecule has 0 N–H and O–H groups in total. The monoisotopic (exact) mass is 353 g/mol. The van der Waals surface area contributed by atoms with Crippen LogP contribution in [0.4, 0.5) is 0 Å². The summed E-state index contributed by atoms with van der Waals surface area (Å²) in [7, 11) is 3.13. The lowest BCUT2D eigenvalue weighted by molar-refractivity contribution is 0.104. The molecule has 4 heteroatoms. The fraction of sp³-hybridized carbons (Fsp3) is 0.318. The molecule has 2 aromatic carbocycles. The third-order valence-corrected chi connectivity index (χ3v) is 4.35. The molecule has 0 unspecified atom stereocenters. The minimum absolute atomic E-state index is 0.116. The molecule has 0 saturated carbocycles. The van der Waals surface area contributed by atoms with Gasteiger partial charge in [-0.1, -0.05) is 44.2 Å². The first-order valence-electron chi connectivity index (χ1n) is 8.87. The zero-order valence-electron chi connectivity index (χ0n) is 16.0. The maximum absolute atomic E-state index is 12.6. The Morgan fingerprint density at radius 3 is 2.46 bits per heavy atom. The Balaban J connectivity index is 2.18. The van der Waals surface area contributed by atoms with Crippen LogP contribution < -0.4 is 9.47 Å². The molecule has 2 aromatic rings. The molecular formula is C22H27NO3. The summed E-state index contributed by atoms with van der Waals surface area (Å²) in [5.41, 5.74) is 2.73. The molecule has 0 atom stereocenters. The van der Waals surface area contributed by atoms with E-state index in [2.05, 4.69) is 30.9 Å². The Morgan fingerprint density at radius 2 is 1.81 bits per heavy atom. The van der Waals surface area contributed by atoms with Crippen molar-refractivity contribution in [2.45, 2.75) is 20.4 Å². The van der Waals surface area contributed by atoms with Crippen molar-refractivity contribution in [1.82, 2.24) is 4.90 Å². The summed E-state index contributed by atoms with van der Waals surface area (Å²) in [6, 6.07) is 13.5. The summed E-state index contributed by atoms with van der Waals surface area (Å²) in [6.07, 6.45) is 3.42. The number of rotatable bonds is 9. The van der Waals surface area contributed by atoms with E-state index in [4.69, 9.17) is 9.47 Å². The van der Waals surface area contributed by atoms with Crippen LogP contribution in [0, 0.1) is 0 Å². The Morgan fingerprint density at radius 1 is 1.04 bits per heavy atom. The number of methoxy groups -OCH3 is 2. The van der Waals surface area contributed by atoms with Gasteiger partial charge in [0.05, 0.1) is 19.8 Å². The highest BCUT2D eigenvalue weighted by atomic mass is 16.5. The summed E-state index contributed by atoms with van der Waals surface area (Å²) in [4.78, 5) is 14.9. The fourth-order valence-electron chi connectivity index (χ4n) is 2.77. The molecule has 0 aliphatic carbocycles. The molecule has 0 saturated heterocycles. The third-order valence-electron chi connectivity index (χ3n) is 4.35. The number of benzene rings is 2. The molecule has 26 heavy (non-hydrogen) atoms. The first kappa shape index (κ1) is 19.7. The van der Waals surface area contributed by atoms with Gasteiger partial charge < -0.3 is 9.47 Å². The van der Waals surface area contributed by atoms with Crippen LogP contribution in [0.1, 0.15) is 35.3 Å². The molecular weight excluding hydrogens is 326 g/mol. The normalized spacial score (nSPS) is 11.1. The summed E-state index contributed by atoms with van der Waals surface area (Å²) in [5, 5.41) is 0. The Bertz CT molecular complexity index is 764. The van der Waals surface area contributed by atoms with Crippen LogP contribution in [0.25, 0.3) is 6.08 Å². The van der Waals surface area contributed by atoms with E-state index < -0.39 is 0 Å². The molecule has 138 valence electrons. The van der Waals surface area contributed by atoms with Gasteiger partial charge in [-0.2, -0.15) is 0 Å². The smallest absolute Gasteiger partial charge is 0.189 e. The zero-order valence-corrected chi connectivity index (χ0v) is 16.0. The largest absolute Gasteiger partial charge is 0.497 e. The van der Waals surface area contributed by atoms with Crippen molar-refractivity contribution in [2.24, 2.45) is 0 Å². The van der Waals surface area contributed by atoms with E-state index in [0.29, 0.717) is 17.1 Å². The lowest BCUT2D eigenvalue weighted by Crippen LogP contribution is -2.22. The molecule has 0 aliphatic heterocycles. The lowest BCUT2D eigenvalue weighted by Gasteiger charge is -2.18. The average Bonchev–Trinajstić information content (AvgIpc) is 2.69. The van der Waals surface area contributed by atoms with Gasteiger partial charge in [0.25, 0.3) is 0 Å². The highest BCUT2D eigenvalue weighted by Crippen LogP contribution is 2.25. The molecule has 2 rings (SSSR count). The maximum Gasteiger partial charge on any atom is 0.189 e. The van der Waals surface area contributed by atoms with E-state index in [1.165, 1.54) is 5.56 Å². The first-order valence-corrected chi connectivity index (χ1v) is 8.87. The van der Waals surface area contributed by atoms with Crippen LogP contribution in [-0.4, -0.2) is 38.0 Å². The van der Waals surface area contributed by atoms with Crippen LogP contribution in [0.3, 0.4) is 0 Å². The standard InChI is InChI=1S/C22H27NO3/c1-5-23(6-2)16-18-9-7-8-17(14-18)10-12-21(24)20-15-19(25-3)11-13-22(20)26-4/h7-15H,5-6,16H2,1-4H3. The molecule has 4 nitrogen and oxygen atoms in total. The van der Waals surface area contributed by atoms with Gasteiger partial charge in [0.2, 0.25) is 0 Å². The van der Waals surface area contributed by atoms with Gasteiger partial charge >= 0.3 is 0 Å². The van der Waals surface area contributed by atoms with Crippen LogP contribution >= 0.6 is 0 Å². The van der Waals surface area contributed by atoms with Crippen molar-refractivity contribution in [3.8, 4) is 11.5 Å². The minimum atomic E-state index is -0.116. The van der Waals surface area contributed by atoms with E-state index in [1.807, 2.05) is 18.2 Å². The van der Waals surface area contributed by atoms with Crippen molar-refractivity contribution in [3.63, 3.8) is 0 Å². The minimum Gasteiger partial charge on any atom is -0.497 e. The molecule has 0 spiro atoms. The van der Waals surface area contributed by atoms with Crippen LogP contribution in [0.2, 0.25) is 0 Å². The van der Waals surface area contributed by atoms with Crippen LogP contribution in [0.15, 0.2) is 48.5 Å². The highest BCUT2D eigenvalue weighted by molar-refractivity contribution is 6.08. The number of allylic oxidation sites excluding steroid dienone is 1. The second-order valence-electron chi connectivity index (χ2n) is 5.97. The van der Waals surface area contributed by atoms with Gasteiger partial charge in [-0.05, 0) is 48.5 Å². The topological polar surface area (TPSA) is 38.8 Å². The van der Waals surface area contributed by atoms with E-state index in [-0.39, 0.29) is 5.78 Å². The van der Waals surface area contributed by atoms with Crippen molar-refractivity contribution in [2.75, 3.05) is 27.3 Å². The maximum atomic E-state index is 12.6. The second kappa shape index (κ2) is 9.78. The number of hydrogen-bond acceptors (Lipinski definition) is 4. The van der Waals surface area contributed by atoms with Crippen molar-refractivity contribution < 1.29 is 14.3 Å². The highest BCUT2D eigenvalue weighted by Gasteiger charge is 2.11. The number of ketones is 1. The van der Waals surface area contributed by atoms with Crippen molar-refractivity contribution in [1.29, 1.82) is 0 Å². The summed E-state index contributed by atoms with van der Waals surface area (Å²) in [6.45, 7) is 7.27.